The number of allylic oxidation sites excluding steroid dienone is 4. The Balaban J connectivity index is 0.877. The second-order valence-electron chi connectivity index (χ2n) is 12.7. The molecule has 3 aromatic rings. The molecule has 272 valence electrons. The summed E-state index contributed by atoms with van der Waals surface area (Å²) in [5, 5.41) is 5.88. The minimum atomic E-state index is -0.111. The standard InChI is InChI=1S/C42H50N6O2S2/c1-2-35(7-8-36-11-15-39(16-12-36)47-25-3-4-26-47)19-22-43-33-41(49)44-23-31-51-52-32-24-45-42(50)34-46-29-20-38(21-30-46)10-9-37-13-17-40(18-14-37)48-27-5-6-28-48/h2,7-22,29-30H,1,3-6,23-28,31-34H2,(H-,44,45,49,50)/p+1/b8-7+,35-19+,43-22?. The van der Waals surface area contributed by atoms with Crippen LogP contribution < -0.4 is 25.0 Å². The highest BCUT2D eigenvalue weighted by Gasteiger charge is 2.13. The summed E-state index contributed by atoms with van der Waals surface area (Å²) in [6.07, 6.45) is 22.5. The van der Waals surface area contributed by atoms with Crippen LogP contribution >= 0.6 is 21.6 Å². The Labute approximate surface area is 317 Å². The van der Waals surface area contributed by atoms with Crippen LogP contribution in [0.1, 0.15) is 42.4 Å². The Kier molecular flexibility index (Phi) is 16.2. The Hall–Kier alpha value is -4.54. The van der Waals surface area contributed by atoms with E-state index >= 15 is 0 Å². The van der Waals surface area contributed by atoms with Crippen molar-refractivity contribution in [3.8, 4) is 0 Å². The smallest absolute Gasteiger partial charge is 0.286 e. The van der Waals surface area contributed by atoms with Gasteiger partial charge in [-0.25, -0.2) is 0 Å². The minimum Gasteiger partial charge on any atom is -0.372 e. The van der Waals surface area contributed by atoms with E-state index in [2.05, 4.69) is 98.8 Å². The maximum absolute atomic E-state index is 12.4. The van der Waals surface area contributed by atoms with E-state index in [1.165, 1.54) is 42.6 Å². The van der Waals surface area contributed by atoms with Crippen LogP contribution in [0.2, 0.25) is 0 Å². The van der Waals surface area contributed by atoms with Crippen molar-refractivity contribution in [1.82, 2.24) is 10.6 Å². The van der Waals surface area contributed by atoms with Gasteiger partial charge in [-0.15, -0.1) is 0 Å². The molecule has 52 heavy (non-hydrogen) atoms. The summed E-state index contributed by atoms with van der Waals surface area (Å²) in [5.74, 6) is 1.44. The number of benzene rings is 2. The predicted octanol–water partition coefficient (Wildman–Crippen LogP) is 6.86. The maximum atomic E-state index is 12.4. The molecule has 10 heteroatoms. The minimum absolute atomic E-state index is 0.0153. The van der Waals surface area contributed by atoms with Gasteiger partial charge in [0.15, 0.2) is 12.4 Å². The first-order valence-corrected chi connectivity index (χ1v) is 20.7. The zero-order valence-electron chi connectivity index (χ0n) is 30.0. The highest BCUT2D eigenvalue weighted by Crippen LogP contribution is 2.22. The maximum Gasteiger partial charge on any atom is 0.286 e. The molecule has 2 N–H and O–H groups in total. The number of hydrogen-bond donors (Lipinski definition) is 2. The number of pyridine rings is 1. The lowest BCUT2D eigenvalue weighted by Crippen LogP contribution is -2.42. The fraction of sp³-hybridized carbons (Fsp3) is 0.333. The Morgan fingerprint density at radius 2 is 1.21 bits per heavy atom. The average molecular weight is 736 g/mol. The molecule has 0 radical (unpaired) electrons. The number of amides is 2. The van der Waals surface area contributed by atoms with Crippen LogP contribution in [0.15, 0.2) is 108 Å². The SMILES string of the molecule is C=CC(/C=C/c1ccc(N2CCCC2)cc1)=C\C=NCC(=O)NCCSSCCNC(=O)C[n+]1ccc(/C=C/c2ccc(N3CCCC3)cc2)cc1. The molecule has 2 aliphatic rings. The average Bonchev–Trinajstić information content (AvgIpc) is 3.92. The van der Waals surface area contributed by atoms with Crippen LogP contribution in [0.5, 0.6) is 0 Å². The molecule has 2 saturated heterocycles. The van der Waals surface area contributed by atoms with Crippen LogP contribution in [0.3, 0.4) is 0 Å². The number of carbonyl (C=O) groups is 2. The first kappa shape index (κ1) is 38.7. The largest absolute Gasteiger partial charge is 0.372 e. The first-order valence-electron chi connectivity index (χ1n) is 18.2. The quantitative estimate of drug-likeness (QED) is 0.0461. The number of nitrogens with one attached hydrogen (secondary N) is 2. The summed E-state index contributed by atoms with van der Waals surface area (Å²) in [6, 6.07) is 21.4. The number of carbonyl (C=O) groups excluding carboxylic acids is 2. The topological polar surface area (TPSA) is 80.9 Å². The highest BCUT2D eigenvalue weighted by atomic mass is 33.1. The molecule has 3 heterocycles. The van der Waals surface area contributed by atoms with Gasteiger partial charge >= 0.3 is 0 Å². The lowest BCUT2D eigenvalue weighted by atomic mass is 10.1. The van der Waals surface area contributed by atoms with Gasteiger partial charge in [0.25, 0.3) is 5.91 Å². The van der Waals surface area contributed by atoms with Crippen LogP contribution in [-0.4, -0.2) is 75.3 Å². The van der Waals surface area contributed by atoms with Crippen molar-refractivity contribution in [3.63, 3.8) is 0 Å². The van der Waals surface area contributed by atoms with Crippen molar-refractivity contribution in [2.24, 2.45) is 4.99 Å². The third kappa shape index (κ3) is 13.5. The lowest BCUT2D eigenvalue weighted by Gasteiger charge is -2.17. The summed E-state index contributed by atoms with van der Waals surface area (Å²) in [6.45, 7) is 10.00. The molecule has 0 atom stereocenters. The molecule has 0 aliphatic carbocycles. The van der Waals surface area contributed by atoms with Crippen molar-refractivity contribution in [1.29, 1.82) is 0 Å². The molecular formula is C42H51N6O2S2+. The molecule has 0 bridgehead atoms. The van der Waals surface area contributed by atoms with E-state index in [1.807, 2.05) is 41.2 Å². The molecule has 0 saturated carbocycles. The van der Waals surface area contributed by atoms with Gasteiger partial charge in [-0.3, -0.25) is 14.6 Å². The van der Waals surface area contributed by atoms with Gasteiger partial charge in [0, 0.05) is 80.5 Å². The van der Waals surface area contributed by atoms with E-state index in [0.717, 1.165) is 54.4 Å². The van der Waals surface area contributed by atoms with Crippen LogP contribution in [0, 0.1) is 0 Å². The zero-order chi connectivity index (χ0) is 36.2. The molecule has 8 nitrogen and oxygen atoms in total. The van der Waals surface area contributed by atoms with E-state index in [9.17, 15) is 9.59 Å². The fourth-order valence-corrected chi connectivity index (χ4v) is 7.75. The summed E-state index contributed by atoms with van der Waals surface area (Å²) in [7, 11) is 3.36. The van der Waals surface area contributed by atoms with Crippen LogP contribution in [0.4, 0.5) is 11.4 Å². The van der Waals surface area contributed by atoms with Gasteiger partial charge in [-0.05, 0) is 78.3 Å². The van der Waals surface area contributed by atoms with Crippen molar-refractivity contribution in [2.75, 3.05) is 67.1 Å². The second kappa shape index (κ2) is 21.7. The first-order chi connectivity index (χ1) is 25.6. The van der Waals surface area contributed by atoms with Gasteiger partial charge in [0.2, 0.25) is 12.5 Å². The van der Waals surface area contributed by atoms with E-state index in [-0.39, 0.29) is 24.9 Å². The highest BCUT2D eigenvalue weighted by molar-refractivity contribution is 8.76. The van der Waals surface area contributed by atoms with E-state index < -0.39 is 0 Å². The normalized spacial score (nSPS) is 15.0. The zero-order valence-corrected chi connectivity index (χ0v) is 31.6. The van der Waals surface area contributed by atoms with E-state index in [4.69, 9.17) is 0 Å². The van der Waals surface area contributed by atoms with Gasteiger partial charge in [-0.2, -0.15) is 4.57 Å². The van der Waals surface area contributed by atoms with Gasteiger partial charge < -0.3 is 20.4 Å². The molecule has 2 fully saturated rings. The van der Waals surface area contributed by atoms with Crippen LogP contribution in [-0.2, 0) is 16.1 Å². The summed E-state index contributed by atoms with van der Waals surface area (Å²) < 4.78 is 1.88. The summed E-state index contributed by atoms with van der Waals surface area (Å²) >= 11 is 0. The van der Waals surface area contributed by atoms with Gasteiger partial charge in [0.05, 0.1) is 0 Å². The molecule has 0 unspecified atom stereocenters. The second-order valence-corrected chi connectivity index (χ2v) is 15.4. The molecule has 2 aliphatic heterocycles. The number of rotatable bonds is 19. The monoisotopic (exact) mass is 735 g/mol. The van der Waals surface area contributed by atoms with Crippen molar-refractivity contribution in [3.05, 3.63) is 120 Å². The summed E-state index contributed by atoms with van der Waals surface area (Å²) in [5.41, 5.74) is 6.89. The third-order valence-corrected chi connectivity index (χ3v) is 11.3. The van der Waals surface area contributed by atoms with Crippen molar-refractivity contribution < 1.29 is 14.2 Å². The Bertz CT molecular complexity index is 1690. The number of anilines is 2. The predicted molar refractivity (Wildman–Crippen MR) is 223 cm³/mol. The van der Waals surface area contributed by atoms with Crippen LogP contribution in [0.25, 0.3) is 18.2 Å². The van der Waals surface area contributed by atoms with Gasteiger partial charge in [-0.1, -0.05) is 82.8 Å². The molecule has 0 spiro atoms. The molecule has 2 aromatic carbocycles. The number of aromatic nitrogens is 1. The lowest BCUT2D eigenvalue weighted by molar-refractivity contribution is -0.684. The molecule has 2 amide bonds. The van der Waals surface area contributed by atoms with Crippen molar-refractivity contribution >= 4 is 69.2 Å². The number of nitrogens with zero attached hydrogens (tertiary/aromatic N) is 4. The number of hydrogen-bond acceptors (Lipinski definition) is 7. The third-order valence-electron chi connectivity index (χ3n) is 8.85. The van der Waals surface area contributed by atoms with E-state index in [1.54, 1.807) is 33.9 Å². The fourth-order valence-electron chi connectivity index (χ4n) is 5.94. The Morgan fingerprint density at radius 3 is 1.75 bits per heavy atom. The molecule has 5 rings (SSSR count). The van der Waals surface area contributed by atoms with E-state index in [0.29, 0.717) is 13.1 Å². The number of aliphatic imine (C=N–C) groups is 1. The Morgan fingerprint density at radius 1 is 0.712 bits per heavy atom. The van der Waals surface area contributed by atoms with Gasteiger partial charge in [0.1, 0.15) is 6.54 Å². The summed E-state index contributed by atoms with van der Waals surface area (Å²) in [4.78, 5) is 33.7. The molecular weight excluding hydrogens is 685 g/mol. The van der Waals surface area contributed by atoms with Crippen molar-refractivity contribution in [2.45, 2.75) is 32.2 Å². The molecule has 1 aromatic heterocycles.